The summed E-state index contributed by atoms with van der Waals surface area (Å²) in [7, 11) is 0. The van der Waals surface area contributed by atoms with E-state index in [-0.39, 0.29) is 0 Å². The molecule has 0 spiro atoms. The summed E-state index contributed by atoms with van der Waals surface area (Å²) in [4.78, 5) is 8.21. The van der Waals surface area contributed by atoms with Crippen molar-refractivity contribution in [2.45, 2.75) is 0 Å². The normalized spacial score (nSPS) is 22.2. The number of allylic oxidation sites excluding steroid dienone is 1. The summed E-state index contributed by atoms with van der Waals surface area (Å²) < 4.78 is 0. The van der Waals surface area contributed by atoms with Crippen molar-refractivity contribution >= 4 is 12.1 Å². The predicted molar refractivity (Wildman–Crippen MR) is 36.9 cm³/mol. The third-order valence-corrected chi connectivity index (χ3v) is 1.37. The Morgan fingerprint density at radius 2 is 2.56 bits per heavy atom. The maximum absolute atomic E-state index is 4.18. The first-order valence-corrected chi connectivity index (χ1v) is 3.00. The molecule has 0 atom stereocenters. The molecule has 0 amide bonds. The molecule has 0 bridgehead atoms. The average Bonchev–Trinajstić information content (AvgIpc) is 2.33. The van der Waals surface area contributed by atoms with E-state index in [1.807, 2.05) is 6.08 Å². The number of aliphatic imine (C=N–C) groups is 2. The van der Waals surface area contributed by atoms with Crippen LogP contribution in [-0.2, 0) is 0 Å². The fourth-order valence-electron chi connectivity index (χ4n) is 0.943. The van der Waals surface area contributed by atoms with Crippen LogP contribution in [0.5, 0.6) is 0 Å². The van der Waals surface area contributed by atoms with Crippen LogP contribution in [-0.4, -0.2) is 25.1 Å². The van der Waals surface area contributed by atoms with E-state index in [4.69, 9.17) is 0 Å². The monoisotopic (exact) mass is 121 g/mol. The number of rotatable bonds is 0. The molecule has 2 heterocycles. The molecule has 0 aliphatic carbocycles. The molecular formula is C6H7N3. The molecule has 3 nitrogen and oxygen atoms in total. The molecule has 2 aliphatic heterocycles. The number of hydrogen-bond donors (Lipinski definition) is 1. The van der Waals surface area contributed by atoms with Crippen LogP contribution < -0.4 is 5.32 Å². The molecule has 0 fully saturated rings. The van der Waals surface area contributed by atoms with Gasteiger partial charge in [0.2, 0.25) is 0 Å². The van der Waals surface area contributed by atoms with Crippen molar-refractivity contribution in [3.8, 4) is 0 Å². The largest absolute Gasteiger partial charge is 0.380 e. The molecule has 0 aromatic rings. The molecule has 0 aromatic heterocycles. The van der Waals surface area contributed by atoms with Crippen LogP contribution >= 0.6 is 0 Å². The Kier molecular flexibility index (Phi) is 0.886. The first kappa shape index (κ1) is 4.73. The summed E-state index contributed by atoms with van der Waals surface area (Å²) in [5.41, 5.74) is 1.07. The highest BCUT2D eigenvalue weighted by molar-refractivity contribution is 6.10. The molecule has 0 aromatic carbocycles. The van der Waals surface area contributed by atoms with Crippen LogP contribution in [0.25, 0.3) is 0 Å². The van der Waals surface area contributed by atoms with Gasteiger partial charge in [-0.1, -0.05) is 0 Å². The standard InChI is InChI=1S/C6H7N3/c1-2-8-6-5(1)7-3-4-9-6/h1-2,7H,3-4H2. The van der Waals surface area contributed by atoms with Gasteiger partial charge in [0.05, 0.1) is 12.2 Å². The van der Waals surface area contributed by atoms with Crippen molar-refractivity contribution in [1.82, 2.24) is 5.32 Å². The Morgan fingerprint density at radius 1 is 1.56 bits per heavy atom. The van der Waals surface area contributed by atoms with Crippen molar-refractivity contribution < 1.29 is 0 Å². The summed E-state index contributed by atoms with van der Waals surface area (Å²) in [5.74, 6) is 0.862. The number of amidine groups is 1. The van der Waals surface area contributed by atoms with Crippen molar-refractivity contribution in [2.24, 2.45) is 9.98 Å². The number of nitrogens with one attached hydrogen (secondary N) is 1. The van der Waals surface area contributed by atoms with E-state index in [1.165, 1.54) is 0 Å². The minimum atomic E-state index is 0.851. The highest BCUT2D eigenvalue weighted by Gasteiger charge is 2.11. The van der Waals surface area contributed by atoms with Gasteiger partial charge in [-0.15, -0.1) is 0 Å². The molecule has 3 heteroatoms. The summed E-state index contributed by atoms with van der Waals surface area (Å²) in [6.45, 7) is 1.79. The van der Waals surface area contributed by atoms with Crippen LogP contribution in [0.4, 0.5) is 0 Å². The first-order valence-electron chi connectivity index (χ1n) is 3.00. The second-order valence-corrected chi connectivity index (χ2v) is 1.99. The van der Waals surface area contributed by atoms with Gasteiger partial charge in [0.25, 0.3) is 0 Å². The Labute approximate surface area is 53.2 Å². The van der Waals surface area contributed by atoms with E-state index < -0.39 is 0 Å². The maximum Gasteiger partial charge on any atom is 0.171 e. The molecule has 2 rings (SSSR count). The van der Waals surface area contributed by atoms with Crippen LogP contribution in [0.1, 0.15) is 0 Å². The molecule has 0 saturated heterocycles. The van der Waals surface area contributed by atoms with Gasteiger partial charge in [0, 0.05) is 12.8 Å². The second-order valence-electron chi connectivity index (χ2n) is 1.99. The van der Waals surface area contributed by atoms with Gasteiger partial charge >= 0.3 is 0 Å². The van der Waals surface area contributed by atoms with Crippen molar-refractivity contribution in [3.63, 3.8) is 0 Å². The fraction of sp³-hybridized carbons (Fsp3) is 0.333. The third-order valence-electron chi connectivity index (χ3n) is 1.37. The van der Waals surface area contributed by atoms with Crippen molar-refractivity contribution in [1.29, 1.82) is 0 Å². The molecule has 2 aliphatic rings. The zero-order valence-corrected chi connectivity index (χ0v) is 4.96. The number of fused-ring (bicyclic) bond motifs is 1. The van der Waals surface area contributed by atoms with E-state index in [2.05, 4.69) is 15.3 Å². The Hall–Kier alpha value is -1.12. The first-order chi connectivity index (χ1) is 4.47. The van der Waals surface area contributed by atoms with Crippen molar-refractivity contribution in [2.75, 3.05) is 13.1 Å². The van der Waals surface area contributed by atoms with Gasteiger partial charge in [-0.05, 0) is 6.08 Å². The lowest BCUT2D eigenvalue weighted by Crippen LogP contribution is -2.25. The van der Waals surface area contributed by atoms with E-state index >= 15 is 0 Å². The molecule has 9 heavy (non-hydrogen) atoms. The van der Waals surface area contributed by atoms with E-state index in [9.17, 15) is 0 Å². The molecule has 1 N–H and O–H groups in total. The van der Waals surface area contributed by atoms with Gasteiger partial charge in [-0.3, -0.25) is 4.99 Å². The van der Waals surface area contributed by atoms with Crippen LogP contribution in [0.2, 0.25) is 0 Å². The molecule has 0 saturated carbocycles. The van der Waals surface area contributed by atoms with Gasteiger partial charge in [-0.2, -0.15) is 0 Å². The molecule has 0 radical (unpaired) electrons. The lowest BCUT2D eigenvalue weighted by Gasteiger charge is -2.10. The smallest absolute Gasteiger partial charge is 0.171 e. The molecule has 46 valence electrons. The van der Waals surface area contributed by atoms with Crippen molar-refractivity contribution in [3.05, 3.63) is 11.8 Å². The topological polar surface area (TPSA) is 36.8 Å². The van der Waals surface area contributed by atoms with E-state index in [1.54, 1.807) is 6.21 Å². The zero-order chi connectivity index (χ0) is 6.10. The zero-order valence-electron chi connectivity index (χ0n) is 4.96. The number of nitrogens with zero attached hydrogens (tertiary/aromatic N) is 2. The average molecular weight is 121 g/mol. The molecular weight excluding hydrogens is 114 g/mol. The highest BCUT2D eigenvalue weighted by Crippen LogP contribution is 2.04. The quantitative estimate of drug-likeness (QED) is 0.479. The SMILES string of the molecule is C1=NC2=NCCNC2=C1. The fourth-order valence-corrected chi connectivity index (χ4v) is 0.943. The summed E-state index contributed by atoms with van der Waals surface area (Å²) in [5, 5.41) is 3.19. The van der Waals surface area contributed by atoms with E-state index in [0.717, 1.165) is 24.6 Å². The van der Waals surface area contributed by atoms with Crippen LogP contribution in [0, 0.1) is 0 Å². The predicted octanol–water partition coefficient (Wildman–Crippen LogP) is -0.0436. The second kappa shape index (κ2) is 1.69. The lowest BCUT2D eigenvalue weighted by atomic mass is 10.3. The Morgan fingerprint density at radius 3 is 3.44 bits per heavy atom. The van der Waals surface area contributed by atoms with Gasteiger partial charge in [0.1, 0.15) is 0 Å². The third kappa shape index (κ3) is 0.650. The van der Waals surface area contributed by atoms with Crippen LogP contribution in [0.3, 0.4) is 0 Å². The summed E-state index contributed by atoms with van der Waals surface area (Å²) >= 11 is 0. The van der Waals surface area contributed by atoms with Crippen LogP contribution in [0.15, 0.2) is 21.8 Å². The lowest BCUT2D eigenvalue weighted by molar-refractivity contribution is 0.795. The van der Waals surface area contributed by atoms with E-state index in [0.29, 0.717) is 0 Å². The van der Waals surface area contributed by atoms with Gasteiger partial charge < -0.3 is 5.32 Å². The maximum atomic E-state index is 4.18. The van der Waals surface area contributed by atoms with Gasteiger partial charge in [-0.25, -0.2) is 4.99 Å². The number of hydrogen-bond acceptors (Lipinski definition) is 3. The molecule has 0 unspecified atom stereocenters. The summed E-state index contributed by atoms with van der Waals surface area (Å²) in [6, 6.07) is 0. The minimum Gasteiger partial charge on any atom is -0.380 e. The minimum absolute atomic E-state index is 0.851. The Bertz CT molecular complexity index is 212. The highest BCUT2D eigenvalue weighted by atomic mass is 15.1. The Balaban J connectivity index is 2.38. The summed E-state index contributed by atoms with van der Waals surface area (Å²) in [6.07, 6.45) is 3.71. The van der Waals surface area contributed by atoms with Gasteiger partial charge in [0.15, 0.2) is 5.84 Å².